The van der Waals surface area contributed by atoms with Crippen molar-refractivity contribution in [3.05, 3.63) is 48.0 Å². The first kappa shape index (κ1) is 48.7. The van der Waals surface area contributed by atoms with Crippen molar-refractivity contribution in [3.8, 4) is 6.01 Å². The molecule has 2 aliphatic rings. The van der Waals surface area contributed by atoms with Crippen molar-refractivity contribution in [1.82, 2.24) is 29.7 Å². The molecule has 2 aromatic heterocycles. The van der Waals surface area contributed by atoms with E-state index >= 15 is 4.39 Å². The number of carbonyl (C=O) groups is 2. The maximum absolute atomic E-state index is 15.1. The van der Waals surface area contributed by atoms with Crippen LogP contribution in [-0.2, 0) is 18.9 Å². The predicted octanol–water partition coefficient (Wildman–Crippen LogP) is 9.52. The monoisotopic (exact) mass is 1040 g/mol. The highest BCUT2D eigenvalue weighted by Gasteiger charge is 2.31. The molecule has 2 aliphatic heterocycles. The highest BCUT2D eigenvalue weighted by atomic mass is 79.9. The first-order chi connectivity index (χ1) is 28.5. The number of halogens is 7. The minimum absolute atomic E-state index is 0.0307. The quantitative estimate of drug-likeness (QED) is 0.0986. The first-order valence-corrected chi connectivity index (χ1v) is 21.8. The number of hydrogen-bond donors (Lipinski definition) is 0. The van der Waals surface area contributed by atoms with E-state index in [0.29, 0.717) is 74.8 Å². The molecule has 15 nitrogen and oxygen atoms in total. The van der Waals surface area contributed by atoms with E-state index in [1.54, 1.807) is 28.9 Å². The van der Waals surface area contributed by atoms with Gasteiger partial charge in [-0.25, -0.2) is 23.4 Å². The Hall–Kier alpha value is -3.33. The number of carbonyl (C=O) groups excluding carboxylic acids is 2. The van der Waals surface area contributed by atoms with Crippen molar-refractivity contribution in [2.24, 2.45) is 0 Å². The molecule has 22 heteroatoms. The van der Waals surface area contributed by atoms with Gasteiger partial charge >= 0.3 is 18.2 Å². The lowest BCUT2D eigenvalue weighted by atomic mass is 10.2. The fourth-order valence-electron chi connectivity index (χ4n) is 6.36. The maximum Gasteiger partial charge on any atom is 0.410 e. The number of amides is 2. The van der Waals surface area contributed by atoms with Gasteiger partial charge in [-0.05, 0) is 104 Å². The molecule has 6 rings (SSSR count). The maximum atomic E-state index is 15.1. The Bertz CT molecular complexity index is 2250. The molecule has 0 N–H and O–H groups in total. The van der Waals surface area contributed by atoms with Crippen molar-refractivity contribution in [1.29, 1.82) is 0 Å². The molecule has 334 valence electrons. The number of hydrogen-bond acceptors (Lipinski definition) is 13. The lowest BCUT2D eigenvalue weighted by molar-refractivity contribution is -0.152. The number of aromatic nitrogens is 4. The number of piperazine rings is 2. The van der Waals surface area contributed by atoms with Crippen LogP contribution in [0.4, 0.5) is 30.0 Å². The Balaban J connectivity index is 0.000000237. The minimum atomic E-state index is -0.665. The zero-order valence-electron chi connectivity index (χ0n) is 35.0. The summed E-state index contributed by atoms with van der Waals surface area (Å²) >= 11 is 24.6. The SMILES string of the molecule is CC(C)(C)OC(=O)N1CCN(c2nc(Cl)nc3c(F)c(Br)c(Cl)cc23)CC1.COC(OC)[C@@H](C)Oc1nc(N2CCN(C(=O)OC(C)(C)C)CC2)c2cc(Cl)c(Br)c(F)c2n1. The van der Waals surface area contributed by atoms with Gasteiger partial charge in [0.05, 0.1) is 19.0 Å². The molecule has 2 fully saturated rings. The lowest BCUT2D eigenvalue weighted by Crippen LogP contribution is -2.50. The summed E-state index contributed by atoms with van der Waals surface area (Å²) in [7, 11) is 2.98. The summed E-state index contributed by atoms with van der Waals surface area (Å²) in [6, 6.07) is 3.19. The zero-order chi connectivity index (χ0) is 45.1. The van der Waals surface area contributed by atoms with Gasteiger partial charge in [0, 0.05) is 77.4 Å². The fraction of sp³-hybridized carbons (Fsp3) is 0.538. The van der Waals surface area contributed by atoms with E-state index in [2.05, 4.69) is 51.8 Å². The van der Waals surface area contributed by atoms with Crippen molar-refractivity contribution in [2.45, 2.75) is 72.1 Å². The van der Waals surface area contributed by atoms with Gasteiger partial charge in [-0.1, -0.05) is 23.2 Å². The number of nitrogens with zero attached hydrogens (tertiary/aromatic N) is 8. The summed E-state index contributed by atoms with van der Waals surface area (Å²) in [4.78, 5) is 48.9. The Morgan fingerprint density at radius 1 is 0.672 bits per heavy atom. The largest absolute Gasteiger partial charge is 0.455 e. The molecular weight excluding hydrogens is 997 g/mol. The Morgan fingerprint density at radius 3 is 1.46 bits per heavy atom. The van der Waals surface area contributed by atoms with E-state index in [0.717, 1.165) is 0 Å². The predicted molar refractivity (Wildman–Crippen MR) is 237 cm³/mol. The summed E-state index contributed by atoms with van der Waals surface area (Å²) in [6.07, 6.45) is -1.96. The van der Waals surface area contributed by atoms with Crippen LogP contribution in [0, 0.1) is 11.6 Å². The number of benzene rings is 2. The van der Waals surface area contributed by atoms with Crippen molar-refractivity contribution < 1.29 is 42.1 Å². The fourth-order valence-corrected chi connectivity index (χ4v) is 7.51. The van der Waals surface area contributed by atoms with Crippen LogP contribution in [0.25, 0.3) is 21.8 Å². The van der Waals surface area contributed by atoms with Crippen LogP contribution in [0.5, 0.6) is 6.01 Å². The van der Waals surface area contributed by atoms with Crippen LogP contribution in [0.2, 0.25) is 15.3 Å². The molecule has 2 saturated heterocycles. The minimum Gasteiger partial charge on any atom is -0.455 e. The average molecular weight is 1040 g/mol. The number of anilines is 2. The third-order valence-corrected chi connectivity index (χ3v) is 11.9. The molecule has 0 saturated carbocycles. The smallest absolute Gasteiger partial charge is 0.410 e. The number of ether oxygens (including phenoxy) is 5. The summed E-state index contributed by atoms with van der Waals surface area (Å²) in [5.41, 5.74) is -0.976. The number of fused-ring (bicyclic) bond motifs is 2. The average Bonchev–Trinajstić information content (AvgIpc) is 3.19. The van der Waals surface area contributed by atoms with Crippen molar-refractivity contribution in [3.63, 3.8) is 0 Å². The van der Waals surface area contributed by atoms with Crippen LogP contribution < -0.4 is 14.5 Å². The second kappa shape index (κ2) is 20.0. The standard InChI is InChI=1S/C22H29BrClFN4O5.C17H18BrCl2FN4O2/c1-12(19(31-5)32-6)33-20-26-17-13(11-14(24)15(23)16(17)25)18(27-20)28-7-9-29(10-8-28)21(30)34-22(2,3)4;1-17(2,3)27-16(26)25-6-4-24(5-7-25)14-9-8-10(19)11(18)12(21)13(9)22-15(20)23-14/h11-12,19H,7-10H2,1-6H3;8H,4-7H2,1-3H3/t12-;/m1./s1. The van der Waals surface area contributed by atoms with Gasteiger partial charge in [-0.2, -0.15) is 15.0 Å². The molecule has 1 atom stereocenters. The molecular formula is C39H47Br2Cl3F2N8O7. The lowest BCUT2D eigenvalue weighted by Gasteiger charge is -2.36. The molecule has 4 heterocycles. The molecule has 0 radical (unpaired) electrons. The second-order valence-corrected chi connectivity index (χ2v) is 18.7. The molecule has 0 bridgehead atoms. The molecule has 61 heavy (non-hydrogen) atoms. The summed E-state index contributed by atoms with van der Waals surface area (Å²) < 4.78 is 57.1. The summed E-state index contributed by atoms with van der Waals surface area (Å²) in [5.74, 6) is -0.264. The van der Waals surface area contributed by atoms with E-state index in [-0.39, 0.29) is 53.5 Å². The van der Waals surface area contributed by atoms with Crippen LogP contribution in [0.15, 0.2) is 21.1 Å². The molecule has 0 spiro atoms. The third kappa shape index (κ3) is 12.0. The molecule has 2 amide bonds. The molecule has 0 aliphatic carbocycles. The van der Waals surface area contributed by atoms with Gasteiger partial charge in [-0.3, -0.25) is 0 Å². The van der Waals surface area contributed by atoms with Gasteiger partial charge in [0.1, 0.15) is 40.0 Å². The normalized spacial score (nSPS) is 15.6. The summed E-state index contributed by atoms with van der Waals surface area (Å²) in [5, 5.41) is 1.27. The zero-order valence-corrected chi connectivity index (χ0v) is 40.5. The van der Waals surface area contributed by atoms with Crippen molar-refractivity contribution in [2.75, 3.05) is 76.4 Å². The highest BCUT2D eigenvalue weighted by Crippen LogP contribution is 2.38. The second-order valence-electron chi connectivity index (χ2n) is 16.0. The van der Waals surface area contributed by atoms with Crippen LogP contribution >= 0.6 is 66.7 Å². The Morgan fingerprint density at radius 2 is 1.07 bits per heavy atom. The van der Waals surface area contributed by atoms with E-state index in [4.69, 9.17) is 58.5 Å². The van der Waals surface area contributed by atoms with E-state index in [1.165, 1.54) is 14.2 Å². The van der Waals surface area contributed by atoms with E-state index in [1.807, 2.05) is 51.3 Å². The molecule has 2 aromatic carbocycles. The highest BCUT2D eigenvalue weighted by molar-refractivity contribution is 9.11. The van der Waals surface area contributed by atoms with Crippen LogP contribution in [0.1, 0.15) is 48.5 Å². The number of methoxy groups -OCH3 is 2. The molecule has 4 aromatic rings. The van der Waals surface area contributed by atoms with E-state index in [9.17, 15) is 14.0 Å². The van der Waals surface area contributed by atoms with Gasteiger partial charge in [-0.15, -0.1) is 0 Å². The Kier molecular flexibility index (Phi) is 16.0. The van der Waals surface area contributed by atoms with Gasteiger partial charge in [0.25, 0.3) is 0 Å². The van der Waals surface area contributed by atoms with E-state index < -0.39 is 35.2 Å². The number of rotatable bonds is 7. The molecule has 0 unspecified atom stereocenters. The van der Waals surface area contributed by atoms with Gasteiger partial charge in [0.2, 0.25) is 5.28 Å². The first-order valence-electron chi connectivity index (χ1n) is 19.1. The van der Waals surface area contributed by atoms with Gasteiger partial charge in [0.15, 0.2) is 17.9 Å². The topological polar surface area (TPSA) is 145 Å². The van der Waals surface area contributed by atoms with Gasteiger partial charge < -0.3 is 43.3 Å². The van der Waals surface area contributed by atoms with Crippen molar-refractivity contribution >= 4 is 112 Å². The Labute approximate surface area is 384 Å². The van der Waals surface area contributed by atoms with Crippen LogP contribution in [-0.4, -0.2) is 132 Å². The summed E-state index contributed by atoms with van der Waals surface area (Å²) in [6.45, 7) is 16.3. The third-order valence-electron chi connectivity index (χ3n) is 9.17. The van der Waals surface area contributed by atoms with Crippen LogP contribution in [0.3, 0.4) is 0 Å².